The van der Waals surface area contributed by atoms with Crippen LogP contribution in [0.1, 0.15) is 32.3 Å². The summed E-state index contributed by atoms with van der Waals surface area (Å²) in [5, 5.41) is 11.9. The minimum absolute atomic E-state index is 0.0599. The summed E-state index contributed by atoms with van der Waals surface area (Å²) in [4.78, 5) is 13.3. The van der Waals surface area contributed by atoms with Gasteiger partial charge < -0.3 is 10.4 Å². The topological polar surface area (TPSA) is 52.6 Å². The smallest absolute Gasteiger partial charge is 0.221 e. The van der Waals surface area contributed by atoms with Gasteiger partial charge in [-0.3, -0.25) is 9.69 Å². The Labute approximate surface area is 115 Å². The van der Waals surface area contributed by atoms with Crippen molar-refractivity contribution in [2.75, 3.05) is 25.0 Å². The molecule has 19 heavy (non-hydrogen) atoms. The Balaban J connectivity index is 2.64. The third kappa shape index (κ3) is 6.36. The Morgan fingerprint density at radius 1 is 1.37 bits per heavy atom. The zero-order valence-electron chi connectivity index (χ0n) is 11.9. The predicted molar refractivity (Wildman–Crippen MR) is 78.0 cm³/mol. The number of aliphatic hydroxyl groups is 1. The van der Waals surface area contributed by atoms with Crippen molar-refractivity contribution < 1.29 is 9.90 Å². The van der Waals surface area contributed by atoms with Crippen molar-refractivity contribution in [2.45, 2.75) is 33.2 Å². The van der Waals surface area contributed by atoms with Crippen molar-refractivity contribution in [2.24, 2.45) is 0 Å². The van der Waals surface area contributed by atoms with Crippen LogP contribution in [-0.4, -0.2) is 35.6 Å². The molecule has 0 bridgehead atoms. The van der Waals surface area contributed by atoms with Gasteiger partial charge in [0.15, 0.2) is 0 Å². The van der Waals surface area contributed by atoms with E-state index >= 15 is 0 Å². The second-order valence-electron chi connectivity index (χ2n) is 4.73. The fourth-order valence-electron chi connectivity index (χ4n) is 2.00. The van der Waals surface area contributed by atoms with Gasteiger partial charge in [-0.15, -0.1) is 0 Å². The van der Waals surface area contributed by atoms with E-state index in [0.717, 1.165) is 37.2 Å². The lowest BCUT2D eigenvalue weighted by Crippen LogP contribution is -2.27. The fraction of sp³-hybridized carbons (Fsp3) is 0.533. The molecule has 4 heteroatoms. The van der Waals surface area contributed by atoms with Crippen LogP contribution in [0.5, 0.6) is 0 Å². The molecule has 0 saturated carbocycles. The molecule has 0 fully saturated rings. The van der Waals surface area contributed by atoms with Crippen molar-refractivity contribution in [3.63, 3.8) is 0 Å². The van der Waals surface area contributed by atoms with Gasteiger partial charge in [0.25, 0.3) is 0 Å². The maximum absolute atomic E-state index is 11.0. The summed E-state index contributed by atoms with van der Waals surface area (Å²) in [6, 6.07) is 7.85. The molecule has 0 heterocycles. The molecule has 0 radical (unpaired) electrons. The molecule has 0 aliphatic carbocycles. The highest BCUT2D eigenvalue weighted by atomic mass is 16.3. The molecule has 2 N–H and O–H groups in total. The van der Waals surface area contributed by atoms with E-state index in [9.17, 15) is 4.79 Å². The standard InChI is InChI=1S/C15H24N2O2/c1-3-4-8-17(9-10-18)12-14-6-5-7-15(11-14)16-13(2)19/h5-7,11,18H,3-4,8-10,12H2,1-2H3,(H,16,19). The highest BCUT2D eigenvalue weighted by Crippen LogP contribution is 2.13. The first kappa shape index (κ1) is 15.7. The fourth-order valence-corrected chi connectivity index (χ4v) is 2.00. The molecule has 0 spiro atoms. The number of hydrogen-bond acceptors (Lipinski definition) is 3. The van der Waals surface area contributed by atoms with Crippen LogP contribution in [-0.2, 0) is 11.3 Å². The van der Waals surface area contributed by atoms with E-state index in [4.69, 9.17) is 5.11 Å². The molecular formula is C15H24N2O2. The lowest BCUT2D eigenvalue weighted by atomic mass is 10.1. The Morgan fingerprint density at radius 3 is 2.79 bits per heavy atom. The van der Waals surface area contributed by atoms with E-state index < -0.39 is 0 Å². The Bertz CT molecular complexity index is 393. The van der Waals surface area contributed by atoms with Gasteiger partial charge in [-0.25, -0.2) is 0 Å². The van der Waals surface area contributed by atoms with Gasteiger partial charge in [0, 0.05) is 25.7 Å². The zero-order chi connectivity index (χ0) is 14.1. The molecular weight excluding hydrogens is 240 g/mol. The lowest BCUT2D eigenvalue weighted by molar-refractivity contribution is -0.114. The summed E-state index contributed by atoms with van der Waals surface area (Å²) < 4.78 is 0. The van der Waals surface area contributed by atoms with Crippen LogP contribution in [0, 0.1) is 0 Å². The summed E-state index contributed by atoms with van der Waals surface area (Å²) in [6.45, 7) is 6.31. The third-order valence-electron chi connectivity index (χ3n) is 2.90. The van der Waals surface area contributed by atoms with Crippen molar-refractivity contribution in [1.29, 1.82) is 0 Å². The number of amides is 1. The highest BCUT2D eigenvalue weighted by molar-refractivity contribution is 5.88. The van der Waals surface area contributed by atoms with E-state index in [1.54, 1.807) is 0 Å². The van der Waals surface area contributed by atoms with E-state index in [0.29, 0.717) is 6.54 Å². The first-order valence-corrected chi connectivity index (χ1v) is 6.85. The minimum Gasteiger partial charge on any atom is -0.395 e. The molecule has 1 aromatic rings. The van der Waals surface area contributed by atoms with Crippen LogP contribution in [0.25, 0.3) is 0 Å². The second kappa shape index (κ2) is 8.67. The van der Waals surface area contributed by atoms with Crippen LogP contribution in [0.4, 0.5) is 5.69 Å². The summed E-state index contributed by atoms with van der Waals surface area (Å²) in [5.41, 5.74) is 1.97. The van der Waals surface area contributed by atoms with Crippen molar-refractivity contribution >= 4 is 11.6 Å². The number of benzene rings is 1. The number of unbranched alkanes of at least 4 members (excludes halogenated alkanes) is 1. The number of nitrogens with zero attached hydrogens (tertiary/aromatic N) is 1. The molecule has 1 amide bonds. The first-order chi connectivity index (χ1) is 9.15. The summed E-state index contributed by atoms with van der Waals surface area (Å²) >= 11 is 0. The normalized spacial score (nSPS) is 10.7. The molecule has 0 aliphatic heterocycles. The van der Waals surface area contributed by atoms with Gasteiger partial charge >= 0.3 is 0 Å². The number of carbonyl (C=O) groups is 1. The van der Waals surface area contributed by atoms with Crippen LogP contribution in [0.2, 0.25) is 0 Å². The van der Waals surface area contributed by atoms with Crippen molar-refractivity contribution in [3.8, 4) is 0 Å². The molecule has 0 saturated heterocycles. The van der Waals surface area contributed by atoms with Crippen LogP contribution in [0.3, 0.4) is 0 Å². The lowest BCUT2D eigenvalue weighted by Gasteiger charge is -2.21. The number of hydrogen-bond donors (Lipinski definition) is 2. The highest BCUT2D eigenvalue weighted by Gasteiger charge is 2.05. The molecule has 0 atom stereocenters. The molecule has 4 nitrogen and oxygen atoms in total. The quantitative estimate of drug-likeness (QED) is 0.757. The summed E-state index contributed by atoms with van der Waals surface area (Å²) in [6.07, 6.45) is 2.28. The summed E-state index contributed by atoms with van der Waals surface area (Å²) in [5.74, 6) is -0.0599. The number of carbonyl (C=O) groups excluding carboxylic acids is 1. The molecule has 106 valence electrons. The van der Waals surface area contributed by atoms with Gasteiger partial charge in [-0.1, -0.05) is 25.5 Å². The average molecular weight is 264 g/mol. The zero-order valence-corrected chi connectivity index (χ0v) is 11.9. The number of rotatable bonds is 8. The van der Waals surface area contributed by atoms with Gasteiger partial charge in [0.05, 0.1) is 6.61 Å². The van der Waals surface area contributed by atoms with E-state index in [1.807, 2.05) is 24.3 Å². The Kier molecular flexibility index (Phi) is 7.15. The molecule has 1 aromatic carbocycles. The molecule has 0 unspecified atom stereocenters. The molecule has 1 rings (SSSR count). The van der Waals surface area contributed by atoms with Crippen molar-refractivity contribution in [3.05, 3.63) is 29.8 Å². The first-order valence-electron chi connectivity index (χ1n) is 6.85. The maximum atomic E-state index is 11.0. The van der Waals surface area contributed by atoms with E-state index in [1.165, 1.54) is 6.92 Å². The Morgan fingerprint density at radius 2 is 2.16 bits per heavy atom. The van der Waals surface area contributed by atoms with E-state index in [2.05, 4.69) is 17.1 Å². The maximum Gasteiger partial charge on any atom is 0.221 e. The third-order valence-corrected chi connectivity index (χ3v) is 2.90. The monoisotopic (exact) mass is 264 g/mol. The number of anilines is 1. The average Bonchev–Trinajstić information content (AvgIpc) is 2.36. The van der Waals surface area contributed by atoms with Gasteiger partial charge in [0.1, 0.15) is 0 Å². The van der Waals surface area contributed by atoms with Crippen LogP contribution in [0.15, 0.2) is 24.3 Å². The Hall–Kier alpha value is -1.39. The molecule has 0 aliphatic rings. The van der Waals surface area contributed by atoms with Crippen LogP contribution < -0.4 is 5.32 Å². The number of nitrogens with one attached hydrogen (secondary N) is 1. The summed E-state index contributed by atoms with van der Waals surface area (Å²) in [7, 11) is 0. The molecule has 0 aromatic heterocycles. The van der Waals surface area contributed by atoms with Gasteiger partial charge in [-0.05, 0) is 30.7 Å². The number of aliphatic hydroxyl groups excluding tert-OH is 1. The predicted octanol–water partition coefficient (Wildman–Crippen LogP) is 2.24. The largest absolute Gasteiger partial charge is 0.395 e. The second-order valence-corrected chi connectivity index (χ2v) is 4.73. The van der Waals surface area contributed by atoms with Crippen LogP contribution >= 0.6 is 0 Å². The van der Waals surface area contributed by atoms with Gasteiger partial charge in [-0.2, -0.15) is 0 Å². The van der Waals surface area contributed by atoms with Gasteiger partial charge in [0.2, 0.25) is 5.91 Å². The SMILES string of the molecule is CCCCN(CCO)Cc1cccc(NC(C)=O)c1. The van der Waals surface area contributed by atoms with E-state index in [-0.39, 0.29) is 12.5 Å². The minimum atomic E-state index is -0.0599. The van der Waals surface area contributed by atoms with Crippen molar-refractivity contribution in [1.82, 2.24) is 4.90 Å².